The lowest BCUT2D eigenvalue weighted by Gasteiger charge is -2.13. The Balaban J connectivity index is 1.65. The van der Waals surface area contributed by atoms with Crippen molar-refractivity contribution in [3.8, 4) is 16.3 Å². The highest BCUT2D eigenvalue weighted by Crippen LogP contribution is 2.38. The summed E-state index contributed by atoms with van der Waals surface area (Å²) in [6.45, 7) is 0.422. The highest BCUT2D eigenvalue weighted by molar-refractivity contribution is 7.21. The number of para-hydroxylation sites is 1. The lowest BCUT2D eigenvalue weighted by atomic mass is 10.1. The van der Waals surface area contributed by atoms with Gasteiger partial charge >= 0.3 is 6.18 Å². The number of nitrogens with zero attached hydrogens (tertiary/aromatic N) is 2. The molecular weight excluding hydrogens is 485 g/mol. The number of alkyl halides is 3. The van der Waals surface area contributed by atoms with Crippen molar-refractivity contribution in [2.45, 2.75) is 6.18 Å². The van der Waals surface area contributed by atoms with Crippen LogP contribution in [0.5, 0.6) is 5.75 Å². The van der Waals surface area contributed by atoms with E-state index in [1.165, 1.54) is 17.4 Å². The van der Waals surface area contributed by atoms with E-state index >= 15 is 0 Å². The van der Waals surface area contributed by atoms with E-state index in [1.807, 2.05) is 24.3 Å². The summed E-state index contributed by atoms with van der Waals surface area (Å²) in [7, 11) is 0. The topological polar surface area (TPSA) is 120 Å². The highest BCUT2D eigenvalue weighted by Gasteiger charge is 2.38. The fourth-order valence-corrected chi connectivity index (χ4v) is 4.32. The molecule has 12 heteroatoms. The lowest BCUT2D eigenvalue weighted by Crippen LogP contribution is -2.16. The van der Waals surface area contributed by atoms with Crippen LogP contribution in [0.4, 0.5) is 24.5 Å². The number of fused-ring (bicyclic) bond motifs is 1. The van der Waals surface area contributed by atoms with Crippen LogP contribution < -0.4 is 15.8 Å². The summed E-state index contributed by atoms with van der Waals surface area (Å²) in [5.74, 6) is -0.491. The molecule has 0 fully saturated rings. The number of amides is 1. The zero-order valence-corrected chi connectivity index (χ0v) is 18.7. The molecule has 0 aliphatic heterocycles. The number of hydrogen-bond donors (Lipinski definition) is 2. The van der Waals surface area contributed by atoms with Crippen LogP contribution in [0.2, 0.25) is 0 Å². The first kappa shape index (κ1) is 24.1. The summed E-state index contributed by atoms with van der Waals surface area (Å²) < 4.78 is 46.5. The summed E-state index contributed by atoms with van der Waals surface area (Å²) in [6, 6.07) is 14.4. The summed E-state index contributed by atoms with van der Waals surface area (Å²) in [5, 5.41) is 14.1. The molecule has 0 aliphatic rings. The Kier molecular flexibility index (Phi) is 6.67. The Morgan fingerprint density at radius 3 is 2.60 bits per heavy atom. The first-order chi connectivity index (χ1) is 16.7. The van der Waals surface area contributed by atoms with Crippen LogP contribution in [0.15, 0.2) is 60.7 Å². The molecule has 180 valence electrons. The Morgan fingerprint density at radius 2 is 1.91 bits per heavy atom. The molecule has 8 nitrogen and oxygen atoms in total. The van der Waals surface area contributed by atoms with Gasteiger partial charge in [-0.1, -0.05) is 12.1 Å². The Hall–Kier alpha value is -4.03. The van der Waals surface area contributed by atoms with Crippen LogP contribution in [0.1, 0.15) is 15.9 Å². The maximum Gasteiger partial charge on any atom is 0.423 e. The largest absolute Gasteiger partial charge is 0.491 e. The lowest BCUT2D eigenvalue weighted by molar-refractivity contribution is -0.388. The Bertz CT molecular complexity index is 1390. The molecular formula is C23H17F3N4O4S. The number of carbonyl (C=O) groups is 1. The smallest absolute Gasteiger partial charge is 0.423 e. The minimum absolute atomic E-state index is 0.187. The molecule has 0 saturated carbocycles. The van der Waals surface area contributed by atoms with Crippen molar-refractivity contribution < 1.29 is 27.6 Å². The van der Waals surface area contributed by atoms with Crippen LogP contribution in [0, 0.1) is 10.1 Å². The second-order valence-corrected chi connectivity index (χ2v) is 8.31. The average Bonchev–Trinajstić information content (AvgIpc) is 3.26. The van der Waals surface area contributed by atoms with Gasteiger partial charge in [-0.2, -0.15) is 13.2 Å². The fraction of sp³-hybridized carbons (Fsp3) is 0.130. The highest BCUT2D eigenvalue weighted by atomic mass is 32.1. The standard InChI is InChI=1S/C23H17F3N4O4S/c24-23(25,26)16-11-13(5-8-18(16)30(32)33)21(31)28-14-6-7-15(19(12-14)34-10-9-27)22-29-17-3-1-2-4-20(17)35-22/h1-8,11-12H,9-10,27H2,(H,28,31). The van der Waals surface area contributed by atoms with Gasteiger partial charge in [0.05, 0.1) is 20.7 Å². The monoisotopic (exact) mass is 502 g/mol. The summed E-state index contributed by atoms with van der Waals surface area (Å²) in [6.07, 6.45) is -5.00. The predicted octanol–water partition coefficient (Wildman–Crippen LogP) is 5.48. The van der Waals surface area contributed by atoms with E-state index in [2.05, 4.69) is 10.3 Å². The predicted molar refractivity (Wildman–Crippen MR) is 126 cm³/mol. The van der Waals surface area contributed by atoms with Gasteiger partial charge in [0, 0.05) is 29.9 Å². The van der Waals surface area contributed by atoms with E-state index in [0.29, 0.717) is 28.5 Å². The van der Waals surface area contributed by atoms with Gasteiger partial charge < -0.3 is 15.8 Å². The van der Waals surface area contributed by atoms with Gasteiger partial charge in [0.1, 0.15) is 22.9 Å². The number of nitro benzene ring substituents is 1. The van der Waals surface area contributed by atoms with Gasteiger partial charge in [-0.25, -0.2) is 4.98 Å². The van der Waals surface area contributed by atoms with Crippen molar-refractivity contribution >= 4 is 38.8 Å². The molecule has 1 aromatic heterocycles. The first-order valence-electron chi connectivity index (χ1n) is 10.2. The van der Waals surface area contributed by atoms with Crippen molar-refractivity contribution in [2.75, 3.05) is 18.5 Å². The molecule has 0 unspecified atom stereocenters. The Morgan fingerprint density at radius 1 is 1.14 bits per heavy atom. The van der Waals surface area contributed by atoms with E-state index in [4.69, 9.17) is 10.5 Å². The zero-order valence-electron chi connectivity index (χ0n) is 17.8. The van der Waals surface area contributed by atoms with Gasteiger partial charge in [0.2, 0.25) is 0 Å². The van der Waals surface area contributed by atoms with Gasteiger partial charge in [0.25, 0.3) is 11.6 Å². The molecule has 0 bridgehead atoms. The molecule has 0 radical (unpaired) electrons. The average molecular weight is 502 g/mol. The number of benzene rings is 3. The van der Waals surface area contributed by atoms with Crippen LogP contribution >= 0.6 is 11.3 Å². The summed E-state index contributed by atoms with van der Waals surface area (Å²) in [4.78, 5) is 27.1. The maximum atomic E-state index is 13.3. The first-order valence-corrected chi connectivity index (χ1v) is 11.0. The minimum Gasteiger partial charge on any atom is -0.491 e. The number of halogens is 3. The number of rotatable bonds is 7. The number of anilines is 1. The minimum atomic E-state index is -5.00. The SMILES string of the molecule is NCCOc1cc(NC(=O)c2ccc([N+](=O)[O-])c(C(F)(F)F)c2)ccc1-c1nc2ccccc2s1. The van der Waals surface area contributed by atoms with E-state index in [1.54, 1.807) is 12.1 Å². The number of nitrogens with two attached hydrogens (primary N) is 1. The second-order valence-electron chi connectivity index (χ2n) is 7.28. The normalized spacial score (nSPS) is 11.4. The molecule has 0 spiro atoms. The number of nitro groups is 1. The molecule has 3 N–H and O–H groups in total. The van der Waals surface area contributed by atoms with E-state index in [9.17, 15) is 28.1 Å². The van der Waals surface area contributed by atoms with Crippen molar-refractivity contribution in [3.05, 3.63) is 81.9 Å². The van der Waals surface area contributed by atoms with E-state index in [-0.39, 0.29) is 24.4 Å². The third kappa shape index (κ3) is 5.23. The molecule has 0 saturated heterocycles. The number of hydrogen-bond acceptors (Lipinski definition) is 7. The van der Waals surface area contributed by atoms with Crippen LogP contribution in [-0.2, 0) is 6.18 Å². The van der Waals surface area contributed by atoms with Crippen LogP contribution in [0.25, 0.3) is 20.8 Å². The van der Waals surface area contributed by atoms with E-state index in [0.717, 1.165) is 16.3 Å². The molecule has 4 aromatic rings. The van der Waals surface area contributed by atoms with Gasteiger partial charge in [-0.15, -0.1) is 11.3 Å². The molecule has 0 aliphatic carbocycles. The number of ether oxygens (including phenoxy) is 1. The molecule has 4 rings (SSSR count). The van der Waals surface area contributed by atoms with E-state index < -0.39 is 28.3 Å². The summed E-state index contributed by atoms with van der Waals surface area (Å²) >= 11 is 1.45. The number of carbonyl (C=O) groups excluding carboxylic acids is 1. The van der Waals surface area contributed by atoms with Gasteiger partial charge in [-0.3, -0.25) is 14.9 Å². The van der Waals surface area contributed by atoms with Crippen molar-refractivity contribution in [3.63, 3.8) is 0 Å². The number of nitrogens with one attached hydrogen (secondary N) is 1. The third-order valence-corrected chi connectivity index (χ3v) is 5.97. The van der Waals surface area contributed by atoms with Crippen LogP contribution in [0.3, 0.4) is 0 Å². The molecule has 3 aromatic carbocycles. The fourth-order valence-electron chi connectivity index (χ4n) is 3.32. The van der Waals surface area contributed by atoms with Gasteiger partial charge in [-0.05, 0) is 36.4 Å². The quantitative estimate of drug-likeness (QED) is 0.255. The van der Waals surface area contributed by atoms with Crippen molar-refractivity contribution in [1.82, 2.24) is 4.98 Å². The Labute approximate surface area is 200 Å². The second kappa shape index (κ2) is 9.68. The number of aromatic nitrogens is 1. The molecule has 0 atom stereocenters. The third-order valence-electron chi connectivity index (χ3n) is 4.90. The molecule has 1 heterocycles. The zero-order chi connectivity index (χ0) is 25.2. The van der Waals surface area contributed by atoms with Crippen molar-refractivity contribution in [2.24, 2.45) is 5.73 Å². The van der Waals surface area contributed by atoms with Crippen LogP contribution in [-0.4, -0.2) is 29.0 Å². The molecule has 1 amide bonds. The van der Waals surface area contributed by atoms with Gasteiger partial charge in [0.15, 0.2) is 0 Å². The van der Waals surface area contributed by atoms with Crippen molar-refractivity contribution in [1.29, 1.82) is 0 Å². The molecule has 35 heavy (non-hydrogen) atoms. The number of thiazole rings is 1. The summed E-state index contributed by atoms with van der Waals surface area (Å²) in [5.41, 5.74) is 4.25. The maximum absolute atomic E-state index is 13.3.